The van der Waals surface area contributed by atoms with E-state index in [2.05, 4.69) is 9.97 Å². The Labute approximate surface area is 117 Å². The molecule has 5 heteroatoms. The first-order valence-electron chi connectivity index (χ1n) is 7.38. The van der Waals surface area contributed by atoms with Gasteiger partial charge in [-0.15, -0.1) is 0 Å². The molecule has 0 bridgehead atoms. The van der Waals surface area contributed by atoms with Crippen LogP contribution in [0.5, 0.6) is 5.88 Å². The van der Waals surface area contributed by atoms with Crippen molar-refractivity contribution in [3.05, 3.63) is 32.5 Å². The molecule has 1 saturated carbocycles. The van der Waals surface area contributed by atoms with Gasteiger partial charge in [0.25, 0.3) is 5.56 Å². The molecule has 108 valence electrons. The molecule has 3 rings (SSSR count). The molecule has 0 radical (unpaired) electrons. The first-order valence-corrected chi connectivity index (χ1v) is 7.38. The fourth-order valence-electron chi connectivity index (χ4n) is 2.80. The van der Waals surface area contributed by atoms with Crippen molar-refractivity contribution >= 4 is 5.57 Å². The molecule has 1 aliphatic carbocycles. The average molecular weight is 276 g/mol. The summed E-state index contributed by atoms with van der Waals surface area (Å²) >= 11 is 0. The number of hydrogen-bond donors (Lipinski definition) is 2. The van der Waals surface area contributed by atoms with Crippen LogP contribution in [0.1, 0.15) is 51.0 Å². The van der Waals surface area contributed by atoms with E-state index in [9.17, 15) is 9.59 Å². The van der Waals surface area contributed by atoms with E-state index >= 15 is 0 Å². The third-order valence-corrected chi connectivity index (χ3v) is 3.97. The van der Waals surface area contributed by atoms with Gasteiger partial charge >= 0.3 is 5.69 Å². The number of fused-ring (bicyclic) bond motifs is 1. The maximum Gasteiger partial charge on any atom is 0.328 e. The number of hydrogen-bond acceptors (Lipinski definition) is 3. The van der Waals surface area contributed by atoms with Gasteiger partial charge < -0.3 is 4.74 Å². The summed E-state index contributed by atoms with van der Waals surface area (Å²) in [5.74, 6) is 1.26. The van der Waals surface area contributed by atoms with Crippen LogP contribution in [0.15, 0.2) is 15.7 Å². The van der Waals surface area contributed by atoms with Gasteiger partial charge in [0.1, 0.15) is 11.7 Å². The highest BCUT2D eigenvalue weighted by atomic mass is 16.5. The number of ether oxygens (including phenoxy) is 1. The Bertz CT molecular complexity index is 637. The average Bonchev–Trinajstić information content (AvgIpc) is 3.17. The van der Waals surface area contributed by atoms with Gasteiger partial charge in [-0.3, -0.25) is 14.8 Å². The Morgan fingerprint density at radius 2 is 2.05 bits per heavy atom. The predicted octanol–water partition coefficient (Wildman–Crippen LogP) is 2.20. The molecule has 2 aliphatic rings. The smallest absolute Gasteiger partial charge is 0.328 e. The number of rotatable bonds is 5. The number of unbranched alkanes of at least 4 members (excludes halogenated alkanes) is 1. The Morgan fingerprint density at radius 1 is 1.25 bits per heavy atom. The molecule has 1 atom stereocenters. The van der Waals surface area contributed by atoms with E-state index in [0.717, 1.165) is 24.3 Å². The molecule has 1 aliphatic heterocycles. The van der Waals surface area contributed by atoms with Crippen molar-refractivity contribution < 1.29 is 4.74 Å². The second-order valence-electron chi connectivity index (χ2n) is 5.82. The highest BCUT2D eigenvalue weighted by Gasteiger charge is 2.23. The standard InChI is InChI=1S/C15H20N2O3/c1-9-8-11(5-3-2-4-10-6-7-10)12-13(18)16-15(19)17-14(12)20-9/h8-10H,2-7H2,1H3,(H2,16,17,18,19). The van der Waals surface area contributed by atoms with Gasteiger partial charge in [0.2, 0.25) is 5.88 Å². The minimum absolute atomic E-state index is 0.113. The molecule has 1 aromatic rings. The van der Waals surface area contributed by atoms with Crippen LogP contribution in [0.4, 0.5) is 0 Å². The summed E-state index contributed by atoms with van der Waals surface area (Å²) in [6.07, 6.45) is 9.08. The van der Waals surface area contributed by atoms with Gasteiger partial charge in [0.05, 0.1) is 0 Å². The van der Waals surface area contributed by atoms with Crippen LogP contribution in [-0.2, 0) is 0 Å². The highest BCUT2D eigenvalue weighted by Crippen LogP contribution is 2.35. The maximum atomic E-state index is 12.0. The van der Waals surface area contributed by atoms with Crippen LogP contribution in [0.25, 0.3) is 5.57 Å². The second kappa shape index (κ2) is 5.31. The van der Waals surface area contributed by atoms with Gasteiger partial charge in [-0.1, -0.05) is 25.7 Å². The van der Waals surface area contributed by atoms with Crippen LogP contribution in [0.3, 0.4) is 0 Å². The van der Waals surface area contributed by atoms with Crippen molar-refractivity contribution in [3.8, 4) is 5.88 Å². The minimum Gasteiger partial charge on any atom is -0.471 e. The molecular formula is C15H20N2O3. The molecule has 0 aromatic carbocycles. The zero-order valence-electron chi connectivity index (χ0n) is 11.7. The van der Waals surface area contributed by atoms with E-state index < -0.39 is 5.69 Å². The van der Waals surface area contributed by atoms with Crippen LogP contribution >= 0.6 is 0 Å². The third-order valence-electron chi connectivity index (χ3n) is 3.97. The lowest BCUT2D eigenvalue weighted by molar-refractivity contribution is 0.251. The number of allylic oxidation sites excluding steroid dienone is 1. The lowest BCUT2D eigenvalue weighted by Crippen LogP contribution is -2.30. The first kappa shape index (κ1) is 13.2. The molecule has 1 fully saturated rings. The summed E-state index contributed by atoms with van der Waals surface area (Å²) < 4.78 is 5.53. The molecule has 0 saturated heterocycles. The fraction of sp³-hybridized carbons (Fsp3) is 0.600. The van der Waals surface area contributed by atoms with E-state index in [0.29, 0.717) is 11.4 Å². The molecule has 0 spiro atoms. The van der Waals surface area contributed by atoms with Crippen LogP contribution < -0.4 is 16.0 Å². The van der Waals surface area contributed by atoms with Crippen LogP contribution in [0.2, 0.25) is 0 Å². The van der Waals surface area contributed by atoms with Crippen molar-refractivity contribution in [2.75, 3.05) is 0 Å². The van der Waals surface area contributed by atoms with Gasteiger partial charge in [0.15, 0.2) is 0 Å². The zero-order chi connectivity index (χ0) is 14.1. The topological polar surface area (TPSA) is 75.0 Å². The van der Waals surface area contributed by atoms with E-state index in [1.54, 1.807) is 0 Å². The van der Waals surface area contributed by atoms with Crippen LogP contribution in [0, 0.1) is 5.92 Å². The van der Waals surface area contributed by atoms with Crippen LogP contribution in [-0.4, -0.2) is 16.1 Å². The largest absolute Gasteiger partial charge is 0.471 e. The molecule has 2 heterocycles. The van der Waals surface area contributed by atoms with E-state index in [1.807, 2.05) is 13.0 Å². The molecular weight excluding hydrogens is 256 g/mol. The maximum absolute atomic E-state index is 12.0. The van der Waals surface area contributed by atoms with Gasteiger partial charge in [-0.05, 0) is 37.3 Å². The number of aromatic amines is 2. The number of aromatic nitrogens is 2. The predicted molar refractivity (Wildman–Crippen MR) is 76.9 cm³/mol. The summed E-state index contributed by atoms with van der Waals surface area (Å²) in [7, 11) is 0. The number of H-pyrrole nitrogens is 2. The molecule has 1 aromatic heterocycles. The summed E-state index contributed by atoms with van der Waals surface area (Å²) in [5.41, 5.74) is 0.612. The summed E-state index contributed by atoms with van der Waals surface area (Å²) in [4.78, 5) is 28.1. The van der Waals surface area contributed by atoms with Gasteiger partial charge in [0, 0.05) is 0 Å². The van der Waals surface area contributed by atoms with Crippen molar-refractivity contribution in [3.63, 3.8) is 0 Å². The Balaban J connectivity index is 1.76. The SMILES string of the molecule is CC1C=C(CCCCC2CC2)c2c([nH]c(=O)[nH]c2=O)O1. The fourth-order valence-corrected chi connectivity index (χ4v) is 2.80. The zero-order valence-corrected chi connectivity index (χ0v) is 11.7. The summed E-state index contributed by atoms with van der Waals surface area (Å²) in [5, 5.41) is 0. The van der Waals surface area contributed by atoms with Crippen molar-refractivity contribution in [2.45, 2.75) is 51.6 Å². The summed E-state index contributed by atoms with van der Waals surface area (Å²) in [6, 6.07) is 0. The normalized spacial score (nSPS) is 21.1. The lowest BCUT2D eigenvalue weighted by Gasteiger charge is -2.21. The van der Waals surface area contributed by atoms with E-state index in [4.69, 9.17) is 4.74 Å². The minimum atomic E-state index is -0.518. The van der Waals surface area contributed by atoms with Crippen molar-refractivity contribution in [2.24, 2.45) is 5.92 Å². The molecule has 0 amide bonds. The Morgan fingerprint density at radius 3 is 2.80 bits per heavy atom. The highest BCUT2D eigenvalue weighted by molar-refractivity contribution is 5.70. The lowest BCUT2D eigenvalue weighted by atomic mass is 9.97. The Kier molecular flexibility index (Phi) is 3.51. The van der Waals surface area contributed by atoms with E-state index in [-0.39, 0.29) is 11.7 Å². The molecule has 20 heavy (non-hydrogen) atoms. The molecule has 2 N–H and O–H groups in total. The summed E-state index contributed by atoms with van der Waals surface area (Å²) in [6.45, 7) is 1.91. The van der Waals surface area contributed by atoms with Crippen molar-refractivity contribution in [1.82, 2.24) is 9.97 Å². The number of nitrogens with one attached hydrogen (secondary N) is 2. The third kappa shape index (κ3) is 2.86. The molecule has 5 nitrogen and oxygen atoms in total. The van der Waals surface area contributed by atoms with E-state index in [1.165, 1.54) is 25.7 Å². The van der Waals surface area contributed by atoms with Gasteiger partial charge in [-0.25, -0.2) is 4.79 Å². The monoisotopic (exact) mass is 276 g/mol. The quantitative estimate of drug-likeness (QED) is 0.809. The molecule has 1 unspecified atom stereocenters. The second-order valence-corrected chi connectivity index (χ2v) is 5.82. The van der Waals surface area contributed by atoms with Gasteiger partial charge in [-0.2, -0.15) is 0 Å². The van der Waals surface area contributed by atoms with Crippen molar-refractivity contribution in [1.29, 1.82) is 0 Å². The first-order chi connectivity index (χ1) is 9.63. The Hall–Kier alpha value is -1.78.